The van der Waals surface area contributed by atoms with Crippen molar-refractivity contribution in [3.63, 3.8) is 0 Å². The number of halogens is 2. The van der Waals surface area contributed by atoms with Crippen molar-refractivity contribution in [2.45, 2.75) is 24.7 Å². The molecule has 0 aromatic heterocycles. The Kier molecular flexibility index (Phi) is 2.10. The van der Waals surface area contributed by atoms with Crippen LogP contribution in [0.2, 0.25) is 0 Å². The minimum absolute atomic E-state index is 0.127. The molecule has 0 radical (unpaired) electrons. The molecule has 1 aliphatic carbocycles. The van der Waals surface area contributed by atoms with E-state index in [9.17, 15) is 13.6 Å². The highest BCUT2D eigenvalue weighted by Crippen LogP contribution is 2.48. The Morgan fingerprint density at radius 2 is 1.93 bits per heavy atom. The Labute approximate surface area is 80.7 Å². The highest BCUT2D eigenvalue weighted by atomic mass is 19.3. The molecule has 1 saturated carbocycles. The molecule has 3 heteroatoms. The molecular formula is C11H10F2O. The van der Waals surface area contributed by atoms with Crippen LogP contribution in [-0.4, -0.2) is 12.2 Å². The molecule has 0 atom stereocenters. The number of hydrogen-bond donors (Lipinski definition) is 0. The molecule has 0 bridgehead atoms. The van der Waals surface area contributed by atoms with Gasteiger partial charge in [-0.25, -0.2) is 8.78 Å². The predicted octanol–water partition coefficient (Wildman–Crippen LogP) is 3.01. The normalized spacial score (nSPS) is 20.1. The lowest BCUT2D eigenvalue weighted by Crippen LogP contribution is -2.34. The van der Waals surface area contributed by atoms with Gasteiger partial charge in [0.25, 0.3) is 0 Å². The Balaban J connectivity index is 2.22. The van der Waals surface area contributed by atoms with E-state index in [0.29, 0.717) is 5.56 Å². The molecule has 74 valence electrons. The molecule has 0 heterocycles. The third kappa shape index (κ3) is 1.54. The summed E-state index contributed by atoms with van der Waals surface area (Å²) in [6.45, 7) is 0. The third-order valence-corrected chi connectivity index (χ3v) is 2.65. The van der Waals surface area contributed by atoms with Crippen molar-refractivity contribution in [1.82, 2.24) is 0 Å². The number of benzene rings is 1. The van der Waals surface area contributed by atoms with Crippen molar-refractivity contribution < 1.29 is 13.6 Å². The van der Waals surface area contributed by atoms with Crippen LogP contribution >= 0.6 is 0 Å². The van der Waals surface area contributed by atoms with Crippen LogP contribution in [0.5, 0.6) is 0 Å². The van der Waals surface area contributed by atoms with Crippen molar-refractivity contribution in [2.24, 2.45) is 0 Å². The predicted molar refractivity (Wildman–Crippen MR) is 48.8 cm³/mol. The molecule has 0 aliphatic heterocycles. The highest BCUT2D eigenvalue weighted by molar-refractivity contribution is 5.77. The maximum atomic E-state index is 12.6. The summed E-state index contributed by atoms with van der Waals surface area (Å²) in [7, 11) is 0. The van der Waals surface area contributed by atoms with Crippen LogP contribution in [0.15, 0.2) is 24.3 Å². The van der Waals surface area contributed by atoms with E-state index in [2.05, 4.69) is 0 Å². The number of carbonyl (C=O) groups is 1. The van der Waals surface area contributed by atoms with Crippen LogP contribution in [0, 0.1) is 0 Å². The van der Waals surface area contributed by atoms with E-state index < -0.39 is 5.92 Å². The molecule has 1 aliphatic rings. The molecule has 0 N–H and O–H groups in total. The van der Waals surface area contributed by atoms with Gasteiger partial charge in [0.05, 0.1) is 0 Å². The summed E-state index contributed by atoms with van der Waals surface area (Å²) in [4.78, 5) is 10.6. The van der Waals surface area contributed by atoms with Crippen LogP contribution in [0.3, 0.4) is 0 Å². The number of aldehydes is 1. The summed E-state index contributed by atoms with van der Waals surface area (Å²) in [6.07, 6.45) is 0.474. The standard InChI is InChI=1S/C11H10F2O/c12-11(13)5-9(6-11)10-4-2-1-3-8(10)7-14/h1-4,7,9H,5-6H2. The maximum Gasteiger partial charge on any atom is 0.249 e. The average molecular weight is 196 g/mol. The van der Waals surface area contributed by atoms with Crippen LogP contribution < -0.4 is 0 Å². The summed E-state index contributed by atoms with van der Waals surface area (Å²) < 4.78 is 25.2. The van der Waals surface area contributed by atoms with Gasteiger partial charge in [0, 0.05) is 18.4 Å². The second-order valence-corrected chi connectivity index (χ2v) is 3.71. The molecule has 2 rings (SSSR count). The highest BCUT2D eigenvalue weighted by Gasteiger charge is 2.46. The van der Waals surface area contributed by atoms with E-state index in [1.165, 1.54) is 0 Å². The fourth-order valence-corrected chi connectivity index (χ4v) is 1.87. The van der Waals surface area contributed by atoms with Gasteiger partial charge in [-0.15, -0.1) is 0 Å². The molecule has 1 aromatic rings. The van der Waals surface area contributed by atoms with Gasteiger partial charge in [-0.05, 0) is 11.5 Å². The van der Waals surface area contributed by atoms with E-state index in [1.807, 2.05) is 0 Å². The summed E-state index contributed by atoms with van der Waals surface area (Å²) in [5.74, 6) is -2.67. The molecule has 0 saturated heterocycles. The van der Waals surface area contributed by atoms with Crippen LogP contribution in [-0.2, 0) is 0 Å². The second-order valence-electron chi connectivity index (χ2n) is 3.71. The third-order valence-electron chi connectivity index (χ3n) is 2.65. The van der Waals surface area contributed by atoms with Gasteiger partial charge in [0.1, 0.15) is 6.29 Å². The number of alkyl halides is 2. The van der Waals surface area contributed by atoms with Gasteiger partial charge in [-0.3, -0.25) is 4.79 Å². The topological polar surface area (TPSA) is 17.1 Å². The monoisotopic (exact) mass is 196 g/mol. The molecule has 0 amide bonds. The molecular weight excluding hydrogens is 186 g/mol. The summed E-state index contributed by atoms with van der Waals surface area (Å²) in [5, 5.41) is 0. The quantitative estimate of drug-likeness (QED) is 0.664. The molecule has 1 nitrogen and oxygen atoms in total. The summed E-state index contributed by atoms with van der Waals surface area (Å²) in [5.41, 5.74) is 1.29. The van der Waals surface area contributed by atoms with Gasteiger partial charge in [0.2, 0.25) is 5.92 Å². The number of rotatable bonds is 2. The Hall–Kier alpha value is -1.25. The Morgan fingerprint density at radius 1 is 1.29 bits per heavy atom. The first-order valence-corrected chi connectivity index (χ1v) is 4.54. The lowest BCUT2D eigenvalue weighted by Gasteiger charge is -2.35. The van der Waals surface area contributed by atoms with Crippen LogP contribution in [0.25, 0.3) is 0 Å². The van der Waals surface area contributed by atoms with E-state index in [4.69, 9.17) is 0 Å². The molecule has 0 spiro atoms. The first-order chi connectivity index (χ1) is 6.62. The van der Waals surface area contributed by atoms with Crippen molar-refractivity contribution in [2.75, 3.05) is 0 Å². The average Bonchev–Trinajstić information content (AvgIpc) is 2.14. The van der Waals surface area contributed by atoms with Crippen LogP contribution in [0.4, 0.5) is 8.78 Å². The van der Waals surface area contributed by atoms with Crippen molar-refractivity contribution in [3.8, 4) is 0 Å². The number of hydrogen-bond acceptors (Lipinski definition) is 1. The van der Waals surface area contributed by atoms with Gasteiger partial charge in [0.15, 0.2) is 0 Å². The van der Waals surface area contributed by atoms with E-state index in [-0.39, 0.29) is 18.8 Å². The van der Waals surface area contributed by atoms with Gasteiger partial charge >= 0.3 is 0 Å². The van der Waals surface area contributed by atoms with Gasteiger partial charge in [-0.2, -0.15) is 0 Å². The zero-order valence-electron chi connectivity index (χ0n) is 7.54. The largest absolute Gasteiger partial charge is 0.298 e. The number of carbonyl (C=O) groups excluding carboxylic acids is 1. The molecule has 1 aromatic carbocycles. The zero-order chi connectivity index (χ0) is 10.2. The summed E-state index contributed by atoms with van der Waals surface area (Å²) >= 11 is 0. The SMILES string of the molecule is O=Cc1ccccc1C1CC(F)(F)C1. The summed E-state index contributed by atoms with van der Waals surface area (Å²) in [6, 6.07) is 6.94. The fraction of sp³-hybridized carbons (Fsp3) is 0.364. The van der Waals surface area contributed by atoms with Crippen molar-refractivity contribution in [3.05, 3.63) is 35.4 Å². The zero-order valence-corrected chi connectivity index (χ0v) is 7.54. The Bertz CT molecular complexity index is 352. The molecule has 14 heavy (non-hydrogen) atoms. The van der Waals surface area contributed by atoms with Crippen LogP contribution in [0.1, 0.15) is 34.7 Å². The minimum atomic E-state index is -2.53. The lowest BCUT2D eigenvalue weighted by atomic mass is 9.75. The Morgan fingerprint density at radius 3 is 2.50 bits per heavy atom. The van der Waals surface area contributed by atoms with E-state index in [1.54, 1.807) is 24.3 Å². The van der Waals surface area contributed by atoms with Gasteiger partial charge in [-0.1, -0.05) is 24.3 Å². The minimum Gasteiger partial charge on any atom is -0.298 e. The van der Waals surface area contributed by atoms with Crippen molar-refractivity contribution >= 4 is 6.29 Å². The fourth-order valence-electron chi connectivity index (χ4n) is 1.87. The smallest absolute Gasteiger partial charge is 0.249 e. The first-order valence-electron chi connectivity index (χ1n) is 4.54. The lowest BCUT2D eigenvalue weighted by molar-refractivity contribution is -0.0868. The van der Waals surface area contributed by atoms with Gasteiger partial charge < -0.3 is 0 Å². The maximum absolute atomic E-state index is 12.6. The molecule has 1 fully saturated rings. The second kappa shape index (κ2) is 3.15. The van der Waals surface area contributed by atoms with E-state index >= 15 is 0 Å². The van der Waals surface area contributed by atoms with E-state index in [0.717, 1.165) is 11.8 Å². The first kappa shape index (κ1) is 9.31. The molecule has 0 unspecified atom stereocenters. The van der Waals surface area contributed by atoms with Crippen molar-refractivity contribution in [1.29, 1.82) is 0 Å².